The molecule has 0 rings (SSSR count). The number of carbonyl (C=O) groups is 2. The van der Waals surface area contributed by atoms with E-state index in [1.54, 1.807) is 6.92 Å². The molecule has 0 spiro atoms. The molecule has 8 heteroatoms. The molecule has 0 fully saturated rings. The van der Waals surface area contributed by atoms with Crippen LogP contribution in [0.15, 0.2) is 0 Å². The summed E-state index contributed by atoms with van der Waals surface area (Å²) < 4.78 is 29.5. The van der Waals surface area contributed by atoms with Gasteiger partial charge in [0.2, 0.25) is 10.0 Å². The molecule has 1 atom stereocenters. The summed E-state index contributed by atoms with van der Waals surface area (Å²) >= 11 is 0. The van der Waals surface area contributed by atoms with Gasteiger partial charge in [0, 0.05) is 0 Å². The van der Waals surface area contributed by atoms with Crippen molar-refractivity contribution >= 4 is 22.0 Å². The number of hydrogen-bond acceptors (Lipinski definition) is 5. The van der Waals surface area contributed by atoms with Gasteiger partial charge in [0.05, 0.1) is 6.61 Å². The Balaban J connectivity index is 4.75. The predicted molar refractivity (Wildman–Crippen MR) is 59.9 cm³/mol. The molecule has 0 saturated heterocycles. The van der Waals surface area contributed by atoms with Gasteiger partial charge in [-0.2, -0.15) is 4.72 Å². The minimum absolute atomic E-state index is 0.0599. The summed E-state index contributed by atoms with van der Waals surface area (Å²) in [7, 11) is -4.02. The summed E-state index contributed by atoms with van der Waals surface area (Å²) in [4.78, 5) is 21.9. The Kier molecular flexibility index (Phi) is 5.56. The second-order valence-corrected chi connectivity index (χ2v) is 5.38. The van der Waals surface area contributed by atoms with E-state index in [9.17, 15) is 18.0 Å². The number of carbonyl (C=O) groups excluding carboxylic acids is 1. The first-order chi connectivity index (χ1) is 7.67. The molecule has 0 saturated carbocycles. The van der Waals surface area contributed by atoms with Crippen LogP contribution in [-0.4, -0.2) is 43.4 Å². The van der Waals surface area contributed by atoms with Gasteiger partial charge in [-0.15, -0.1) is 0 Å². The van der Waals surface area contributed by atoms with Crippen LogP contribution in [-0.2, 0) is 24.3 Å². The van der Waals surface area contributed by atoms with Crippen LogP contribution in [0, 0.1) is 0 Å². The quantitative estimate of drug-likeness (QED) is 0.614. The summed E-state index contributed by atoms with van der Waals surface area (Å²) in [5, 5.41) is 8.89. The first-order valence-electron chi connectivity index (χ1n) is 5.07. The van der Waals surface area contributed by atoms with Crippen molar-refractivity contribution in [3.05, 3.63) is 0 Å². The summed E-state index contributed by atoms with van der Waals surface area (Å²) in [5.41, 5.74) is -1.62. The monoisotopic (exact) mass is 267 g/mol. The van der Waals surface area contributed by atoms with Gasteiger partial charge in [-0.25, -0.2) is 8.42 Å². The van der Waals surface area contributed by atoms with E-state index in [0.717, 1.165) is 0 Å². The van der Waals surface area contributed by atoms with Crippen molar-refractivity contribution in [2.45, 2.75) is 32.7 Å². The highest BCUT2D eigenvalue weighted by molar-refractivity contribution is 7.90. The van der Waals surface area contributed by atoms with Crippen LogP contribution in [0.2, 0.25) is 0 Å². The lowest BCUT2D eigenvalue weighted by molar-refractivity contribution is -0.144. The average Bonchev–Trinajstić information content (AvgIpc) is 2.15. The Morgan fingerprint density at radius 2 is 1.88 bits per heavy atom. The molecule has 17 heavy (non-hydrogen) atoms. The number of carboxylic acids is 1. The Bertz CT molecular complexity index is 390. The molecule has 0 heterocycles. The molecule has 0 aliphatic rings. The fourth-order valence-electron chi connectivity index (χ4n) is 1.00. The summed E-state index contributed by atoms with van der Waals surface area (Å²) in [6, 6.07) is 0. The summed E-state index contributed by atoms with van der Waals surface area (Å²) in [6.07, 6.45) is 0.0599. The van der Waals surface area contributed by atoms with Gasteiger partial charge >= 0.3 is 11.9 Å². The molecule has 0 bridgehead atoms. The minimum atomic E-state index is -4.02. The van der Waals surface area contributed by atoms with Crippen LogP contribution < -0.4 is 4.72 Å². The molecule has 100 valence electrons. The van der Waals surface area contributed by atoms with Gasteiger partial charge in [0.1, 0.15) is 5.54 Å². The van der Waals surface area contributed by atoms with Gasteiger partial charge in [-0.05, 0) is 20.3 Å². The van der Waals surface area contributed by atoms with Crippen LogP contribution >= 0.6 is 0 Å². The molecule has 0 aliphatic heterocycles. The highest BCUT2D eigenvalue weighted by Gasteiger charge is 2.36. The van der Waals surface area contributed by atoms with Crippen molar-refractivity contribution in [2.75, 3.05) is 12.4 Å². The molecule has 0 aliphatic carbocycles. The highest BCUT2D eigenvalue weighted by atomic mass is 32.2. The number of rotatable bonds is 7. The van der Waals surface area contributed by atoms with Crippen molar-refractivity contribution < 1.29 is 27.9 Å². The zero-order valence-electron chi connectivity index (χ0n) is 10.0. The van der Waals surface area contributed by atoms with Crippen LogP contribution in [0.4, 0.5) is 0 Å². The van der Waals surface area contributed by atoms with Crippen LogP contribution in [0.5, 0.6) is 0 Å². The number of carboxylic acid groups (broad SMARTS) is 1. The third kappa shape index (κ3) is 5.14. The van der Waals surface area contributed by atoms with Crippen LogP contribution in [0.25, 0.3) is 0 Å². The lowest BCUT2D eigenvalue weighted by Crippen LogP contribution is -2.52. The second kappa shape index (κ2) is 5.97. The molecule has 2 N–H and O–H groups in total. The van der Waals surface area contributed by atoms with Gasteiger partial charge < -0.3 is 9.84 Å². The maximum atomic E-state index is 11.5. The van der Waals surface area contributed by atoms with Gasteiger partial charge in [0.25, 0.3) is 0 Å². The third-order valence-corrected chi connectivity index (χ3v) is 3.55. The standard InChI is InChI=1S/C9H17NO6S/c1-4-9(3,8(12)13)10-17(14,15)6-7(11)16-5-2/h10H,4-6H2,1-3H3,(H,12,13). The van der Waals surface area contributed by atoms with E-state index in [-0.39, 0.29) is 13.0 Å². The first kappa shape index (κ1) is 15.9. The van der Waals surface area contributed by atoms with Crippen molar-refractivity contribution in [1.82, 2.24) is 4.72 Å². The van der Waals surface area contributed by atoms with E-state index < -0.39 is 33.3 Å². The summed E-state index contributed by atoms with van der Waals surface area (Å²) in [6.45, 7) is 4.38. The number of sulfonamides is 1. The van der Waals surface area contributed by atoms with Crippen molar-refractivity contribution in [2.24, 2.45) is 0 Å². The molecule has 1 unspecified atom stereocenters. The van der Waals surface area contributed by atoms with Crippen molar-refractivity contribution in [3.63, 3.8) is 0 Å². The lowest BCUT2D eigenvalue weighted by Gasteiger charge is -2.23. The molecule has 0 aromatic carbocycles. The topological polar surface area (TPSA) is 110 Å². The zero-order valence-corrected chi connectivity index (χ0v) is 10.8. The zero-order chi connectivity index (χ0) is 13.7. The maximum Gasteiger partial charge on any atom is 0.324 e. The summed E-state index contributed by atoms with van der Waals surface area (Å²) in [5.74, 6) is -3.10. The molecule has 0 aromatic rings. The highest BCUT2D eigenvalue weighted by Crippen LogP contribution is 2.11. The Morgan fingerprint density at radius 1 is 1.35 bits per heavy atom. The Morgan fingerprint density at radius 3 is 2.24 bits per heavy atom. The van der Waals surface area contributed by atoms with Crippen molar-refractivity contribution in [1.29, 1.82) is 0 Å². The number of aliphatic carboxylic acids is 1. The SMILES string of the molecule is CCOC(=O)CS(=O)(=O)NC(C)(CC)C(=O)O. The molecule has 0 radical (unpaired) electrons. The fourth-order valence-corrected chi connectivity index (χ4v) is 2.39. The number of nitrogens with one attached hydrogen (secondary N) is 1. The largest absolute Gasteiger partial charge is 0.480 e. The number of ether oxygens (including phenoxy) is 1. The Hall–Kier alpha value is -1.15. The predicted octanol–water partition coefficient (Wildman–Crippen LogP) is -0.278. The van der Waals surface area contributed by atoms with Crippen LogP contribution in [0.1, 0.15) is 27.2 Å². The van der Waals surface area contributed by atoms with Gasteiger partial charge in [-0.1, -0.05) is 6.92 Å². The van der Waals surface area contributed by atoms with E-state index in [0.29, 0.717) is 0 Å². The van der Waals surface area contributed by atoms with Gasteiger partial charge in [-0.3, -0.25) is 9.59 Å². The fraction of sp³-hybridized carbons (Fsp3) is 0.778. The van der Waals surface area contributed by atoms with E-state index in [2.05, 4.69) is 4.74 Å². The van der Waals surface area contributed by atoms with E-state index in [1.807, 2.05) is 4.72 Å². The molecular weight excluding hydrogens is 250 g/mol. The van der Waals surface area contributed by atoms with E-state index in [1.165, 1.54) is 13.8 Å². The number of esters is 1. The third-order valence-electron chi connectivity index (χ3n) is 2.17. The van der Waals surface area contributed by atoms with Crippen LogP contribution in [0.3, 0.4) is 0 Å². The minimum Gasteiger partial charge on any atom is -0.480 e. The first-order valence-corrected chi connectivity index (χ1v) is 6.72. The molecule has 0 amide bonds. The van der Waals surface area contributed by atoms with E-state index in [4.69, 9.17) is 5.11 Å². The van der Waals surface area contributed by atoms with E-state index >= 15 is 0 Å². The van der Waals surface area contributed by atoms with Gasteiger partial charge in [0.15, 0.2) is 5.75 Å². The maximum absolute atomic E-state index is 11.5. The Labute approximate surface area is 100 Å². The normalized spacial score (nSPS) is 15.0. The number of hydrogen-bond donors (Lipinski definition) is 2. The second-order valence-electron chi connectivity index (χ2n) is 3.66. The van der Waals surface area contributed by atoms with Crippen molar-refractivity contribution in [3.8, 4) is 0 Å². The smallest absolute Gasteiger partial charge is 0.324 e. The molecule has 7 nitrogen and oxygen atoms in total. The lowest BCUT2D eigenvalue weighted by atomic mass is 10.0. The molecular formula is C9H17NO6S. The average molecular weight is 267 g/mol. The molecule has 0 aromatic heterocycles.